The number of anilines is 1. The van der Waals surface area contributed by atoms with E-state index in [4.69, 9.17) is 4.74 Å². The number of carbonyl (C=O) groups excluding carboxylic acids is 3. The highest BCUT2D eigenvalue weighted by Crippen LogP contribution is 2.31. The number of carbonyl (C=O) groups is 3. The maximum atomic E-state index is 13.2. The number of urea groups is 1. The van der Waals surface area contributed by atoms with Gasteiger partial charge in [-0.2, -0.15) is 0 Å². The van der Waals surface area contributed by atoms with Crippen molar-refractivity contribution in [3.63, 3.8) is 0 Å². The van der Waals surface area contributed by atoms with Gasteiger partial charge in [0.2, 0.25) is 0 Å². The van der Waals surface area contributed by atoms with Crippen molar-refractivity contribution in [2.45, 2.75) is 20.5 Å². The maximum absolute atomic E-state index is 13.2. The molecule has 0 saturated carbocycles. The number of halogens is 3. The first-order valence-electron chi connectivity index (χ1n) is 10.5. The standard InChI is InChI=1S/C26H19I3N2O4/c1-14-3-8-19(9-15(14)2)31-25(33)20(24(32)30-26(31)34)10-17-11-21(28)23(22(29)12-17)35-13-16-4-6-18(27)7-5-16/h3-12H,13H2,1-2H3,(H,30,32,34)/b20-10+. The fourth-order valence-electron chi connectivity index (χ4n) is 3.46. The van der Waals surface area contributed by atoms with Crippen LogP contribution in [-0.2, 0) is 16.2 Å². The second-order valence-electron chi connectivity index (χ2n) is 7.96. The number of hydrogen-bond acceptors (Lipinski definition) is 4. The Hall–Kier alpha value is -2.00. The zero-order chi connectivity index (χ0) is 25.3. The van der Waals surface area contributed by atoms with E-state index in [1.807, 2.05) is 56.3 Å². The van der Waals surface area contributed by atoms with Gasteiger partial charge in [0.05, 0.1) is 12.8 Å². The molecule has 1 saturated heterocycles. The molecule has 1 heterocycles. The van der Waals surface area contributed by atoms with E-state index in [0.29, 0.717) is 17.9 Å². The van der Waals surface area contributed by atoms with E-state index in [9.17, 15) is 14.4 Å². The van der Waals surface area contributed by atoms with Gasteiger partial charge in [-0.15, -0.1) is 0 Å². The molecule has 4 amide bonds. The van der Waals surface area contributed by atoms with Gasteiger partial charge < -0.3 is 4.74 Å². The maximum Gasteiger partial charge on any atom is 0.335 e. The summed E-state index contributed by atoms with van der Waals surface area (Å²) in [6.45, 7) is 4.28. The Balaban J connectivity index is 1.61. The Morgan fingerprint density at radius 3 is 2.17 bits per heavy atom. The molecular formula is C26H19I3N2O4. The van der Waals surface area contributed by atoms with E-state index in [1.54, 1.807) is 12.1 Å². The number of amides is 4. The molecule has 3 aromatic rings. The van der Waals surface area contributed by atoms with Crippen LogP contribution in [-0.4, -0.2) is 17.8 Å². The number of nitrogens with one attached hydrogen (secondary N) is 1. The van der Waals surface area contributed by atoms with E-state index >= 15 is 0 Å². The molecular weight excluding hydrogens is 785 g/mol. The summed E-state index contributed by atoms with van der Waals surface area (Å²) >= 11 is 6.62. The second kappa shape index (κ2) is 10.9. The Morgan fingerprint density at radius 1 is 0.886 bits per heavy atom. The highest BCUT2D eigenvalue weighted by atomic mass is 127. The number of hydrogen-bond donors (Lipinski definition) is 1. The first-order chi connectivity index (χ1) is 16.6. The molecule has 1 N–H and O–H groups in total. The molecule has 1 aliphatic heterocycles. The van der Waals surface area contributed by atoms with Crippen LogP contribution in [0.4, 0.5) is 10.5 Å². The predicted molar refractivity (Wildman–Crippen MR) is 160 cm³/mol. The lowest BCUT2D eigenvalue weighted by Crippen LogP contribution is -2.54. The van der Waals surface area contributed by atoms with Crippen LogP contribution in [0.3, 0.4) is 0 Å². The molecule has 1 aliphatic rings. The molecule has 0 spiro atoms. The van der Waals surface area contributed by atoms with Gasteiger partial charge in [-0.1, -0.05) is 18.2 Å². The van der Waals surface area contributed by atoms with Crippen molar-refractivity contribution in [3.8, 4) is 5.75 Å². The highest BCUT2D eigenvalue weighted by Gasteiger charge is 2.37. The van der Waals surface area contributed by atoms with Crippen molar-refractivity contribution in [2.24, 2.45) is 0 Å². The average molecular weight is 804 g/mol. The summed E-state index contributed by atoms with van der Waals surface area (Å²) in [6.07, 6.45) is 1.51. The number of benzene rings is 3. The average Bonchev–Trinajstić information content (AvgIpc) is 2.79. The second-order valence-corrected chi connectivity index (χ2v) is 11.5. The molecule has 0 unspecified atom stereocenters. The van der Waals surface area contributed by atoms with Gasteiger partial charge >= 0.3 is 6.03 Å². The van der Waals surface area contributed by atoms with Gasteiger partial charge in [-0.25, -0.2) is 9.69 Å². The van der Waals surface area contributed by atoms with Crippen molar-refractivity contribution >= 4 is 97.4 Å². The van der Waals surface area contributed by atoms with Crippen LogP contribution in [0.1, 0.15) is 22.3 Å². The lowest BCUT2D eigenvalue weighted by atomic mass is 10.1. The number of imide groups is 2. The van der Waals surface area contributed by atoms with Crippen molar-refractivity contribution in [1.82, 2.24) is 5.32 Å². The minimum absolute atomic E-state index is 0.109. The lowest BCUT2D eigenvalue weighted by Gasteiger charge is -2.27. The molecule has 1 fully saturated rings. The van der Waals surface area contributed by atoms with Gasteiger partial charge in [0.1, 0.15) is 17.9 Å². The number of nitrogens with zero attached hydrogens (tertiary/aromatic N) is 1. The Bertz CT molecular complexity index is 1360. The first kappa shape index (κ1) is 26.1. The van der Waals surface area contributed by atoms with Gasteiger partial charge in [0.15, 0.2) is 0 Å². The molecule has 35 heavy (non-hydrogen) atoms. The van der Waals surface area contributed by atoms with Crippen molar-refractivity contribution in [3.05, 3.63) is 93.1 Å². The predicted octanol–water partition coefficient (Wildman–Crippen LogP) is 6.36. The minimum Gasteiger partial charge on any atom is -0.487 e. The normalized spacial score (nSPS) is 14.9. The van der Waals surface area contributed by atoms with Crippen LogP contribution in [0.25, 0.3) is 6.08 Å². The number of barbiturate groups is 1. The lowest BCUT2D eigenvalue weighted by molar-refractivity contribution is -0.122. The van der Waals surface area contributed by atoms with E-state index in [1.165, 1.54) is 6.08 Å². The summed E-state index contributed by atoms with van der Waals surface area (Å²) in [5.41, 5.74) is 4.01. The van der Waals surface area contributed by atoms with Gasteiger partial charge in [0.25, 0.3) is 11.8 Å². The van der Waals surface area contributed by atoms with E-state index in [0.717, 1.165) is 38.1 Å². The quantitative estimate of drug-likeness (QED) is 0.185. The summed E-state index contributed by atoms with van der Waals surface area (Å²) in [7, 11) is 0. The monoisotopic (exact) mass is 804 g/mol. The van der Waals surface area contributed by atoms with Crippen molar-refractivity contribution in [1.29, 1.82) is 0 Å². The molecule has 0 atom stereocenters. The van der Waals surface area contributed by atoms with Gasteiger partial charge in [0, 0.05) is 3.57 Å². The van der Waals surface area contributed by atoms with Crippen LogP contribution in [0.15, 0.2) is 60.2 Å². The SMILES string of the molecule is Cc1ccc(N2C(=O)NC(=O)/C(=C\c3cc(I)c(OCc4ccc(I)cc4)c(I)c3)C2=O)cc1C. The number of rotatable bonds is 5. The van der Waals surface area contributed by atoms with Crippen LogP contribution in [0.2, 0.25) is 0 Å². The Kier molecular flexibility index (Phi) is 8.16. The third-order valence-corrected chi connectivity index (χ3v) is 7.80. The van der Waals surface area contributed by atoms with Gasteiger partial charge in [-0.3, -0.25) is 14.9 Å². The first-order valence-corrected chi connectivity index (χ1v) is 13.7. The summed E-state index contributed by atoms with van der Waals surface area (Å²) in [6, 6.07) is 16.3. The molecule has 3 aromatic carbocycles. The minimum atomic E-state index is -0.760. The topological polar surface area (TPSA) is 75.7 Å². The number of ether oxygens (including phenoxy) is 1. The molecule has 4 rings (SSSR count). The zero-order valence-electron chi connectivity index (χ0n) is 18.7. The molecule has 0 radical (unpaired) electrons. The molecule has 0 aromatic heterocycles. The molecule has 0 aliphatic carbocycles. The summed E-state index contributed by atoms with van der Waals surface area (Å²) in [5.74, 6) is -0.645. The summed E-state index contributed by atoms with van der Waals surface area (Å²) in [4.78, 5) is 39.3. The highest BCUT2D eigenvalue weighted by molar-refractivity contribution is 14.1. The van der Waals surface area contributed by atoms with Crippen LogP contribution >= 0.6 is 67.8 Å². The smallest absolute Gasteiger partial charge is 0.335 e. The fraction of sp³-hybridized carbons (Fsp3) is 0.115. The van der Waals surface area contributed by atoms with Crippen molar-refractivity contribution < 1.29 is 19.1 Å². The molecule has 178 valence electrons. The third-order valence-electron chi connectivity index (χ3n) is 5.48. The zero-order valence-corrected chi connectivity index (χ0v) is 25.2. The molecule has 6 nitrogen and oxygen atoms in total. The van der Waals surface area contributed by atoms with E-state index < -0.39 is 17.8 Å². The molecule has 0 bridgehead atoms. The summed E-state index contributed by atoms with van der Waals surface area (Å²) < 4.78 is 8.90. The largest absolute Gasteiger partial charge is 0.487 e. The number of aryl methyl sites for hydroxylation is 2. The third kappa shape index (κ3) is 5.88. The van der Waals surface area contributed by atoms with Crippen molar-refractivity contribution in [2.75, 3.05) is 4.90 Å². The van der Waals surface area contributed by atoms with E-state index in [-0.39, 0.29) is 5.57 Å². The fourth-order valence-corrected chi connectivity index (χ4v) is 5.95. The van der Waals surface area contributed by atoms with Gasteiger partial charge in [-0.05, 0) is 146 Å². The van der Waals surface area contributed by atoms with Crippen LogP contribution in [0, 0.1) is 24.6 Å². The molecule has 9 heteroatoms. The van der Waals surface area contributed by atoms with E-state index in [2.05, 4.69) is 73.1 Å². The van der Waals surface area contributed by atoms with Crippen LogP contribution < -0.4 is 15.0 Å². The Morgan fingerprint density at radius 2 is 1.54 bits per heavy atom. The summed E-state index contributed by atoms with van der Waals surface area (Å²) in [5, 5.41) is 2.28. The Labute approximate surface area is 243 Å². The van der Waals surface area contributed by atoms with Crippen LogP contribution in [0.5, 0.6) is 5.75 Å².